The van der Waals surface area contributed by atoms with E-state index < -0.39 is 11.7 Å². The number of hydrazone groups is 1. The number of rotatable bonds is 2. The Labute approximate surface area is 121 Å². The first-order chi connectivity index (χ1) is 9.32. The van der Waals surface area contributed by atoms with E-state index in [4.69, 9.17) is 0 Å². The molecule has 108 valence electrons. The van der Waals surface area contributed by atoms with E-state index in [1.54, 1.807) is 6.07 Å². The largest absolute Gasteiger partial charge is 0.417 e. The Kier molecular flexibility index (Phi) is 4.03. The van der Waals surface area contributed by atoms with Crippen molar-refractivity contribution in [2.45, 2.75) is 13.1 Å². The van der Waals surface area contributed by atoms with Gasteiger partial charge < -0.3 is 5.32 Å². The number of carbonyl (C=O) groups excluding carboxylic acids is 1. The van der Waals surface area contributed by atoms with Crippen LogP contribution in [0.3, 0.4) is 0 Å². The van der Waals surface area contributed by atoms with Gasteiger partial charge in [-0.2, -0.15) is 18.3 Å². The summed E-state index contributed by atoms with van der Waals surface area (Å²) in [7, 11) is 0. The summed E-state index contributed by atoms with van der Waals surface area (Å²) in [6.07, 6.45) is -3.94. The fourth-order valence-corrected chi connectivity index (χ4v) is 2.37. The first kappa shape index (κ1) is 14.8. The normalized spacial score (nSPS) is 18.9. The molecule has 1 aliphatic heterocycles. The molecular formula is C12H11BrF3N3O. The lowest BCUT2D eigenvalue weighted by atomic mass is 10.1. The van der Waals surface area contributed by atoms with Crippen molar-refractivity contribution in [3.63, 3.8) is 0 Å². The Morgan fingerprint density at radius 1 is 1.50 bits per heavy atom. The van der Waals surface area contributed by atoms with Crippen LogP contribution in [-0.2, 0) is 11.0 Å². The Morgan fingerprint density at radius 3 is 2.80 bits per heavy atom. The minimum atomic E-state index is -4.44. The minimum absolute atomic E-state index is 0.0174. The van der Waals surface area contributed by atoms with Crippen molar-refractivity contribution in [1.29, 1.82) is 0 Å². The second-order valence-electron chi connectivity index (χ2n) is 4.39. The maximum absolute atomic E-state index is 12.8. The van der Waals surface area contributed by atoms with Crippen LogP contribution >= 0.6 is 15.9 Å². The number of nitrogens with one attached hydrogen (secondary N) is 1. The lowest BCUT2D eigenvalue weighted by Gasteiger charge is -2.17. The third-order valence-electron chi connectivity index (χ3n) is 2.90. The highest BCUT2D eigenvalue weighted by Crippen LogP contribution is 2.37. The van der Waals surface area contributed by atoms with E-state index in [9.17, 15) is 18.0 Å². The Morgan fingerprint density at radius 2 is 2.20 bits per heavy atom. The summed E-state index contributed by atoms with van der Waals surface area (Å²) in [5.41, 5.74) is -0.426. The summed E-state index contributed by atoms with van der Waals surface area (Å²) < 4.78 is 38.5. The zero-order valence-corrected chi connectivity index (χ0v) is 12.0. The fourth-order valence-electron chi connectivity index (χ4n) is 1.90. The van der Waals surface area contributed by atoms with Crippen LogP contribution in [0.25, 0.3) is 0 Å². The first-order valence-electron chi connectivity index (χ1n) is 5.76. The average molecular weight is 350 g/mol. The number of hydrogen-bond acceptors (Lipinski definition) is 3. The van der Waals surface area contributed by atoms with Gasteiger partial charge in [-0.1, -0.05) is 22.9 Å². The molecule has 1 atom stereocenters. The van der Waals surface area contributed by atoms with Crippen molar-refractivity contribution >= 4 is 33.9 Å². The van der Waals surface area contributed by atoms with Gasteiger partial charge in [0.2, 0.25) is 6.41 Å². The van der Waals surface area contributed by atoms with Crippen LogP contribution in [0.5, 0.6) is 0 Å². The van der Waals surface area contributed by atoms with Crippen molar-refractivity contribution in [1.82, 2.24) is 5.32 Å². The molecule has 0 bridgehead atoms. The number of carbonyl (C=O) groups is 1. The molecule has 1 N–H and O–H groups in total. The fraction of sp³-hybridized carbons (Fsp3) is 0.333. The number of alkyl halides is 3. The molecule has 1 aliphatic rings. The van der Waals surface area contributed by atoms with E-state index in [2.05, 4.69) is 26.3 Å². The minimum Gasteiger partial charge on any atom is -0.315 e. The van der Waals surface area contributed by atoms with E-state index in [0.717, 1.165) is 6.07 Å². The van der Waals surface area contributed by atoms with E-state index in [1.165, 1.54) is 11.1 Å². The molecule has 0 radical (unpaired) electrons. The average Bonchev–Trinajstić information content (AvgIpc) is 2.70. The number of amidine groups is 1. The smallest absolute Gasteiger partial charge is 0.315 e. The van der Waals surface area contributed by atoms with Crippen LogP contribution in [-0.4, -0.2) is 18.8 Å². The molecule has 1 heterocycles. The standard InChI is InChI=1S/C12H11BrF3N3O/c1-7-5-19(18-11(7)17-6-20)8-2-3-10(13)9(4-8)12(14,15)16/h2-4,6-7H,5H2,1H3,(H,17,18,20). The summed E-state index contributed by atoms with van der Waals surface area (Å²) in [5, 5.41) is 8.00. The third-order valence-corrected chi connectivity index (χ3v) is 3.59. The van der Waals surface area contributed by atoms with Gasteiger partial charge in [-0.25, -0.2) is 0 Å². The molecule has 0 saturated heterocycles. The number of amides is 1. The number of hydrogen-bond donors (Lipinski definition) is 1. The topological polar surface area (TPSA) is 44.7 Å². The maximum Gasteiger partial charge on any atom is 0.417 e. The number of anilines is 1. The molecule has 20 heavy (non-hydrogen) atoms. The van der Waals surface area contributed by atoms with E-state index >= 15 is 0 Å². The predicted octanol–water partition coefficient (Wildman–Crippen LogP) is 2.98. The zero-order chi connectivity index (χ0) is 14.9. The molecule has 0 fully saturated rings. The Balaban J connectivity index is 2.33. The van der Waals surface area contributed by atoms with Crippen LogP contribution in [0.15, 0.2) is 27.8 Å². The Bertz CT molecular complexity index is 559. The molecule has 0 spiro atoms. The van der Waals surface area contributed by atoms with Crippen LogP contribution in [0, 0.1) is 5.92 Å². The van der Waals surface area contributed by atoms with E-state index in [0.29, 0.717) is 24.5 Å². The summed E-state index contributed by atoms with van der Waals surface area (Å²) in [5.74, 6) is 0.384. The molecule has 1 unspecified atom stereocenters. The highest BCUT2D eigenvalue weighted by Gasteiger charge is 2.34. The SMILES string of the molecule is CC1CN(c2ccc(Br)c(C(F)(F)F)c2)N=C1NC=O. The highest BCUT2D eigenvalue weighted by molar-refractivity contribution is 9.10. The molecule has 1 amide bonds. The molecule has 0 aliphatic carbocycles. The van der Waals surface area contributed by atoms with Gasteiger partial charge >= 0.3 is 6.18 Å². The summed E-state index contributed by atoms with van der Waals surface area (Å²) >= 11 is 2.89. The lowest BCUT2D eigenvalue weighted by molar-refractivity contribution is -0.138. The number of benzene rings is 1. The summed E-state index contributed by atoms with van der Waals surface area (Å²) in [6.45, 7) is 2.24. The highest BCUT2D eigenvalue weighted by atomic mass is 79.9. The number of nitrogens with zero attached hydrogens (tertiary/aromatic N) is 2. The maximum atomic E-state index is 12.8. The van der Waals surface area contributed by atoms with Gasteiger partial charge in [0.25, 0.3) is 0 Å². The molecule has 1 aromatic rings. The molecule has 2 rings (SSSR count). The summed E-state index contributed by atoms with van der Waals surface area (Å²) in [6, 6.07) is 3.91. The van der Waals surface area contributed by atoms with Crippen LogP contribution in [0.1, 0.15) is 12.5 Å². The van der Waals surface area contributed by atoms with E-state index in [1.807, 2.05) is 6.92 Å². The monoisotopic (exact) mass is 349 g/mol. The van der Waals surface area contributed by atoms with Crippen molar-refractivity contribution in [3.05, 3.63) is 28.2 Å². The van der Waals surface area contributed by atoms with Gasteiger partial charge in [0.05, 0.1) is 17.8 Å². The van der Waals surface area contributed by atoms with Gasteiger partial charge in [0, 0.05) is 10.4 Å². The van der Waals surface area contributed by atoms with Crippen LogP contribution in [0.2, 0.25) is 0 Å². The lowest BCUT2D eigenvalue weighted by Crippen LogP contribution is -2.26. The molecule has 0 saturated carbocycles. The Hall–Kier alpha value is -1.57. The molecule has 4 nitrogen and oxygen atoms in total. The van der Waals surface area contributed by atoms with Crippen molar-refractivity contribution in [3.8, 4) is 0 Å². The second kappa shape index (κ2) is 5.43. The molecule has 0 aromatic heterocycles. The van der Waals surface area contributed by atoms with E-state index in [-0.39, 0.29) is 10.4 Å². The molecule has 8 heteroatoms. The van der Waals surface area contributed by atoms with Crippen LogP contribution in [0.4, 0.5) is 18.9 Å². The zero-order valence-electron chi connectivity index (χ0n) is 10.4. The van der Waals surface area contributed by atoms with Gasteiger partial charge in [-0.3, -0.25) is 9.80 Å². The third kappa shape index (κ3) is 2.95. The van der Waals surface area contributed by atoms with Crippen molar-refractivity contribution in [2.24, 2.45) is 11.0 Å². The van der Waals surface area contributed by atoms with Crippen molar-refractivity contribution in [2.75, 3.05) is 11.6 Å². The van der Waals surface area contributed by atoms with Gasteiger partial charge in [-0.15, -0.1) is 0 Å². The quantitative estimate of drug-likeness (QED) is 0.834. The van der Waals surface area contributed by atoms with Gasteiger partial charge in [0.1, 0.15) is 5.84 Å². The number of halogens is 4. The summed E-state index contributed by atoms with van der Waals surface area (Å²) in [4.78, 5) is 10.4. The van der Waals surface area contributed by atoms with Crippen molar-refractivity contribution < 1.29 is 18.0 Å². The first-order valence-corrected chi connectivity index (χ1v) is 6.55. The predicted molar refractivity (Wildman–Crippen MR) is 72.3 cm³/mol. The van der Waals surface area contributed by atoms with Crippen LogP contribution < -0.4 is 10.3 Å². The van der Waals surface area contributed by atoms with Gasteiger partial charge in [-0.05, 0) is 18.2 Å². The molecule has 1 aromatic carbocycles. The molecular weight excluding hydrogens is 339 g/mol. The second-order valence-corrected chi connectivity index (χ2v) is 5.25. The van der Waals surface area contributed by atoms with Gasteiger partial charge in [0.15, 0.2) is 0 Å².